The number of fused-ring (bicyclic) bond motifs is 1. The Bertz CT molecular complexity index is 524. The van der Waals surface area contributed by atoms with E-state index in [-0.39, 0.29) is 6.54 Å². The largest absolute Gasteiger partial charge is 0.384 e. The second-order valence-electron chi connectivity index (χ2n) is 4.01. The smallest absolute Gasteiger partial charge is 0.140 e. The topological polar surface area (TPSA) is 64.1 Å². The highest BCUT2D eigenvalue weighted by Crippen LogP contribution is 2.24. The molecule has 1 unspecified atom stereocenters. The predicted molar refractivity (Wildman–Crippen MR) is 69.0 cm³/mol. The molecule has 1 atom stereocenters. The lowest BCUT2D eigenvalue weighted by Gasteiger charge is -2.11. The normalized spacial score (nSPS) is 13.2. The Morgan fingerprint density at radius 1 is 1.53 bits per heavy atom. The molecule has 0 aliphatic rings. The SMILES string of the molecule is CCCn1c(C(O)CN)nc2ccc(Cl)cc21. The number of aromatic nitrogens is 2. The number of aliphatic hydroxyl groups excluding tert-OH is 1. The summed E-state index contributed by atoms with van der Waals surface area (Å²) in [4.78, 5) is 4.42. The summed E-state index contributed by atoms with van der Waals surface area (Å²) >= 11 is 5.99. The molecule has 1 heterocycles. The first-order chi connectivity index (χ1) is 8.17. The van der Waals surface area contributed by atoms with E-state index in [2.05, 4.69) is 11.9 Å². The van der Waals surface area contributed by atoms with Crippen LogP contribution in [0.4, 0.5) is 0 Å². The van der Waals surface area contributed by atoms with Gasteiger partial charge >= 0.3 is 0 Å². The third-order valence-corrected chi connectivity index (χ3v) is 2.94. The summed E-state index contributed by atoms with van der Waals surface area (Å²) < 4.78 is 1.98. The Balaban J connectivity index is 2.62. The summed E-state index contributed by atoms with van der Waals surface area (Å²) in [6.07, 6.45) is 0.232. The molecule has 0 radical (unpaired) electrons. The van der Waals surface area contributed by atoms with Gasteiger partial charge in [0, 0.05) is 18.1 Å². The van der Waals surface area contributed by atoms with E-state index in [1.54, 1.807) is 6.07 Å². The molecule has 2 rings (SSSR count). The first kappa shape index (κ1) is 12.4. The van der Waals surface area contributed by atoms with Crippen molar-refractivity contribution in [2.24, 2.45) is 5.73 Å². The maximum atomic E-state index is 9.87. The molecule has 3 N–H and O–H groups in total. The third-order valence-electron chi connectivity index (χ3n) is 2.71. The summed E-state index contributed by atoms with van der Waals surface area (Å²) in [6, 6.07) is 5.52. The molecule has 0 saturated carbocycles. The van der Waals surface area contributed by atoms with Crippen molar-refractivity contribution in [3.63, 3.8) is 0 Å². The Hall–Kier alpha value is -1.10. The van der Waals surface area contributed by atoms with Crippen LogP contribution in [0.25, 0.3) is 11.0 Å². The van der Waals surface area contributed by atoms with Crippen LogP contribution >= 0.6 is 11.6 Å². The van der Waals surface area contributed by atoms with Crippen LogP contribution in [-0.4, -0.2) is 21.2 Å². The molecule has 0 bridgehead atoms. The van der Waals surface area contributed by atoms with Crippen LogP contribution in [0.1, 0.15) is 25.3 Å². The van der Waals surface area contributed by atoms with Crippen LogP contribution in [0.3, 0.4) is 0 Å². The summed E-state index contributed by atoms with van der Waals surface area (Å²) in [5.41, 5.74) is 7.28. The van der Waals surface area contributed by atoms with Gasteiger partial charge < -0.3 is 15.4 Å². The van der Waals surface area contributed by atoms with E-state index in [1.165, 1.54) is 0 Å². The molecular weight excluding hydrogens is 238 g/mol. The van der Waals surface area contributed by atoms with Crippen molar-refractivity contribution in [3.8, 4) is 0 Å². The summed E-state index contributed by atoms with van der Waals surface area (Å²) in [6.45, 7) is 3.04. The van der Waals surface area contributed by atoms with Crippen molar-refractivity contribution in [3.05, 3.63) is 29.0 Å². The molecule has 0 amide bonds. The zero-order valence-corrected chi connectivity index (χ0v) is 10.5. The van der Waals surface area contributed by atoms with E-state index in [0.717, 1.165) is 24.0 Å². The molecule has 1 aromatic carbocycles. The number of imidazole rings is 1. The number of nitrogens with zero attached hydrogens (tertiary/aromatic N) is 2. The Morgan fingerprint density at radius 2 is 2.29 bits per heavy atom. The van der Waals surface area contributed by atoms with Crippen molar-refractivity contribution in [1.82, 2.24) is 9.55 Å². The second-order valence-corrected chi connectivity index (χ2v) is 4.44. The van der Waals surface area contributed by atoms with E-state index >= 15 is 0 Å². The Labute approximate surface area is 105 Å². The minimum Gasteiger partial charge on any atom is -0.384 e. The average molecular weight is 254 g/mol. The van der Waals surface area contributed by atoms with Gasteiger partial charge in [-0.3, -0.25) is 0 Å². The Morgan fingerprint density at radius 3 is 2.94 bits per heavy atom. The molecule has 17 heavy (non-hydrogen) atoms. The number of hydrogen-bond donors (Lipinski definition) is 2. The molecule has 4 nitrogen and oxygen atoms in total. The predicted octanol–water partition coefficient (Wildman–Crippen LogP) is 2.09. The summed E-state index contributed by atoms with van der Waals surface area (Å²) in [5, 5.41) is 10.5. The summed E-state index contributed by atoms with van der Waals surface area (Å²) in [5.74, 6) is 0.617. The van der Waals surface area contributed by atoms with E-state index in [0.29, 0.717) is 10.8 Å². The van der Waals surface area contributed by atoms with E-state index in [1.807, 2.05) is 16.7 Å². The molecule has 0 fully saturated rings. The number of halogens is 1. The van der Waals surface area contributed by atoms with Crippen molar-refractivity contribution >= 4 is 22.6 Å². The van der Waals surface area contributed by atoms with Crippen LogP contribution in [0.5, 0.6) is 0 Å². The van der Waals surface area contributed by atoms with E-state index in [4.69, 9.17) is 17.3 Å². The minimum atomic E-state index is -0.729. The lowest BCUT2D eigenvalue weighted by atomic mass is 10.3. The van der Waals surface area contributed by atoms with Crippen molar-refractivity contribution < 1.29 is 5.11 Å². The monoisotopic (exact) mass is 253 g/mol. The highest BCUT2D eigenvalue weighted by molar-refractivity contribution is 6.31. The van der Waals surface area contributed by atoms with Gasteiger partial charge in [0.15, 0.2) is 0 Å². The molecule has 2 aromatic rings. The van der Waals surface area contributed by atoms with Gasteiger partial charge in [0.1, 0.15) is 11.9 Å². The molecule has 5 heteroatoms. The minimum absolute atomic E-state index is 0.167. The van der Waals surface area contributed by atoms with Crippen molar-refractivity contribution in [1.29, 1.82) is 0 Å². The molecule has 0 aliphatic heterocycles. The number of rotatable bonds is 4. The highest BCUT2D eigenvalue weighted by Gasteiger charge is 2.16. The van der Waals surface area contributed by atoms with Gasteiger partial charge in [0.25, 0.3) is 0 Å². The lowest BCUT2D eigenvalue weighted by Crippen LogP contribution is -2.17. The molecule has 0 saturated heterocycles. The highest BCUT2D eigenvalue weighted by atomic mass is 35.5. The standard InChI is InChI=1S/C12H16ClN3O/c1-2-5-16-10-6-8(13)3-4-9(10)15-12(16)11(17)7-14/h3-4,6,11,17H,2,5,7,14H2,1H3. The fourth-order valence-corrected chi connectivity index (χ4v) is 2.10. The zero-order chi connectivity index (χ0) is 12.4. The van der Waals surface area contributed by atoms with Gasteiger partial charge in [-0.05, 0) is 24.6 Å². The van der Waals surface area contributed by atoms with Gasteiger partial charge in [-0.1, -0.05) is 18.5 Å². The third kappa shape index (κ3) is 2.29. The number of aryl methyl sites for hydroxylation is 1. The van der Waals surface area contributed by atoms with E-state index in [9.17, 15) is 5.11 Å². The Kier molecular flexibility index (Phi) is 3.66. The van der Waals surface area contributed by atoms with Crippen molar-refractivity contribution in [2.45, 2.75) is 26.0 Å². The number of hydrogen-bond acceptors (Lipinski definition) is 3. The average Bonchev–Trinajstić information content (AvgIpc) is 2.67. The molecule has 0 spiro atoms. The molecular formula is C12H16ClN3O. The fraction of sp³-hybridized carbons (Fsp3) is 0.417. The van der Waals surface area contributed by atoms with Gasteiger partial charge in [0.05, 0.1) is 11.0 Å². The van der Waals surface area contributed by atoms with Crippen LogP contribution in [0.15, 0.2) is 18.2 Å². The molecule has 92 valence electrons. The van der Waals surface area contributed by atoms with Crippen molar-refractivity contribution in [2.75, 3.05) is 6.54 Å². The van der Waals surface area contributed by atoms with E-state index < -0.39 is 6.10 Å². The van der Waals surface area contributed by atoms with Gasteiger partial charge in [0.2, 0.25) is 0 Å². The summed E-state index contributed by atoms with van der Waals surface area (Å²) in [7, 11) is 0. The lowest BCUT2D eigenvalue weighted by molar-refractivity contribution is 0.172. The number of benzene rings is 1. The van der Waals surface area contributed by atoms with Gasteiger partial charge in [-0.25, -0.2) is 4.98 Å². The maximum absolute atomic E-state index is 9.87. The zero-order valence-electron chi connectivity index (χ0n) is 9.73. The maximum Gasteiger partial charge on any atom is 0.140 e. The first-order valence-electron chi connectivity index (χ1n) is 5.71. The number of aliphatic hydroxyl groups is 1. The van der Waals surface area contributed by atoms with Crippen LogP contribution in [0, 0.1) is 0 Å². The second kappa shape index (κ2) is 5.04. The van der Waals surface area contributed by atoms with Gasteiger partial charge in [-0.15, -0.1) is 0 Å². The van der Waals surface area contributed by atoms with Crippen LogP contribution in [-0.2, 0) is 6.54 Å². The molecule has 0 aliphatic carbocycles. The fourth-order valence-electron chi connectivity index (χ4n) is 1.93. The first-order valence-corrected chi connectivity index (χ1v) is 6.09. The number of nitrogens with two attached hydrogens (primary N) is 1. The molecule has 1 aromatic heterocycles. The quantitative estimate of drug-likeness (QED) is 0.877. The van der Waals surface area contributed by atoms with Gasteiger partial charge in [-0.2, -0.15) is 0 Å². The van der Waals surface area contributed by atoms with Crippen LogP contribution < -0.4 is 5.73 Å². The van der Waals surface area contributed by atoms with Crippen LogP contribution in [0.2, 0.25) is 5.02 Å².